The summed E-state index contributed by atoms with van der Waals surface area (Å²) in [7, 11) is 0. The van der Waals surface area contributed by atoms with Crippen LogP contribution >= 0.6 is 0 Å². The van der Waals surface area contributed by atoms with Gasteiger partial charge in [-0.1, -0.05) is 61.7 Å². The average molecular weight is 201 g/mol. The van der Waals surface area contributed by atoms with Crippen LogP contribution in [0.3, 0.4) is 0 Å². The molecule has 0 saturated heterocycles. The molecule has 1 aromatic rings. The van der Waals surface area contributed by atoms with E-state index in [2.05, 4.69) is 13.2 Å². The summed E-state index contributed by atoms with van der Waals surface area (Å²) in [5.74, 6) is 0. The molecule has 0 fully saturated rings. The van der Waals surface area contributed by atoms with Gasteiger partial charge in [0, 0.05) is 5.56 Å². The molecule has 0 saturated carbocycles. The van der Waals surface area contributed by atoms with Gasteiger partial charge >= 0.3 is 0 Å². The van der Waals surface area contributed by atoms with Gasteiger partial charge in [0.25, 0.3) is 0 Å². The molecule has 1 unspecified atom stereocenters. The van der Waals surface area contributed by atoms with E-state index in [9.17, 15) is 5.11 Å². The molecular weight excluding hydrogens is 186 g/mol. The smallest absolute Gasteiger partial charge is 0.165 e. The zero-order valence-corrected chi connectivity index (χ0v) is 8.56. The number of rotatable bonds is 4. The first-order chi connectivity index (χ1) is 7.09. The third kappa shape index (κ3) is 2.65. The lowest BCUT2D eigenvalue weighted by Gasteiger charge is -2.24. The van der Waals surface area contributed by atoms with Crippen LogP contribution in [-0.2, 0) is 5.72 Å². The van der Waals surface area contributed by atoms with Crippen molar-refractivity contribution in [3.8, 4) is 0 Å². The fraction of sp³-hybridized carbons (Fsp3) is 0.0769. The SMILES string of the molecule is C=C/C=C\C(=C)C(N)(O)c1ccccc1. The first kappa shape index (κ1) is 11.4. The minimum atomic E-state index is -1.53. The van der Waals surface area contributed by atoms with Gasteiger partial charge < -0.3 is 5.11 Å². The minimum absolute atomic E-state index is 0.425. The summed E-state index contributed by atoms with van der Waals surface area (Å²) in [6.07, 6.45) is 4.93. The molecule has 0 aliphatic heterocycles. The summed E-state index contributed by atoms with van der Waals surface area (Å²) < 4.78 is 0. The standard InChI is InChI=1S/C13H15NO/c1-3-4-8-11(2)13(14,15)12-9-6-5-7-10-12/h3-10,15H,1-2,14H2/b8-4-. The molecule has 0 aliphatic carbocycles. The monoisotopic (exact) mass is 201 g/mol. The van der Waals surface area contributed by atoms with Gasteiger partial charge in [0.05, 0.1) is 0 Å². The van der Waals surface area contributed by atoms with Crippen molar-refractivity contribution < 1.29 is 5.11 Å². The summed E-state index contributed by atoms with van der Waals surface area (Å²) in [5, 5.41) is 10.1. The third-order valence-corrected chi connectivity index (χ3v) is 2.14. The van der Waals surface area contributed by atoms with Crippen LogP contribution in [0.15, 0.2) is 67.3 Å². The Morgan fingerprint density at radius 3 is 2.47 bits per heavy atom. The first-order valence-electron chi connectivity index (χ1n) is 4.64. The second-order valence-corrected chi connectivity index (χ2v) is 3.25. The number of aliphatic hydroxyl groups is 1. The molecule has 0 spiro atoms. The van der Waals surface area contributed by atoms with Gasteiger partial charge in [-0.3, -0.25) is 5.73 Å². The lowest BCUT2D eigenvalue weighted by atomic mass is 9.96. The van der Waals surface area contributed by atoms with Crippen LogP contribution in [0.1, 0.15) is 5.56 Å². The maximum absolute atomic E-state index is 10.1. The van der Waals surface area contributed by atoms with E-state index in [0.717, 1.165) is 0 Å². The van der Waals surface area contributed by atoms with E-state index in [-0.39, 0.29) is 0 Å². The fourth-order valence-electron chi connectivity index (χ4n) is 1.19. The van der Waals surface area contributed by atoms with Gasteiger partial charge in [0.15, 0.2) is 5.72 Å². The van der Waals surface area contributed by atoms with Gasteiger partial charge in [-0.05, 0) is 5.57 Å². The molecule has 1 aromatic carbocycles. The Balaban J connectivity index is 2.97. The van der Waals surface area contributed by atoms with E-state index in [1.807, 2.05) is 18.2 Å². The third-order valence-electron chi connectivity index (χ3n) is 2.14. The van der Waals surface area contributed by atoms with Gasteiger partial charge in [0.2, 0.25) is 0 Å². The Bertz CT molecular complexity index is 377. The van der Waals surface area contributed by atoms with Crippen molar-refractivity contribution in [2.75, 3.05) is 0 Å². The molecule has 1 atom stereocenters. The Kier molecular flexibility index (Phi) is 3.61. The number of nitrogens with two attached hydrogens (primary N) is 1. The molecule has 1 rings (SSSR count). The van der Waals surface area contributed by atoms with Crippen molar-refractivity contribution in [2.24, 2.45) is 5.73 Å². The topological polar surface area (TPSA) is 46.2 Å². The minimum Gasteiger partial charge on any atom is -0.368 e. The quantitative estimate of drug-likeness (QED) is 0.578. The van der Waals surface area contributed by atoms with Crippen molar-refractivity contribution in [2.45, 2.75) is 5.72 Å². The van der Waals surface area contributed by atoms with E-state index in [1.165, 1.54) is 0 Å². The predicted molar refractivity (Wildman–Crippen MR) is 63.0 cm³/mol. The second-order valence-electron chi connectivity index (χ2n) is 3.25. The van der Waals surface area contributed by atoms with Crippen molar-refractivity contribution in [1.82, 2.24) is 0 Å². The van der Waals surface area contributed by atoms with E-state index in [4.69, 9.17) is 5.73 Å². The van der Waals surface area contributed by atoms with Crippen LogP contribution in [0.25, 0.3) is 0 Å². The first-order valence-corrected chi connectivity index (χ1v) is 4.64. The molecule has 0 aliphatic rings. The van der Waals surface area contributed by atoms with Crippen molar-refractivity contribution >= 4 is 0 Å². The Morgan fingerprint density at radius 2 is 1.93 bits per heavy atom. The van der Waals surface area contributed by atoms with Gasteiger partial charge in [-0.2, -0.15) is 0 Å². The normalized spacial score (nSPS) is 14.8. The molecule has 0 bridgehead atoms. The molecule has 78 valence electrons. The maximum atomic E-state index is 10.1. The fourth-order valence-corrected chi connectivity index (χ4v) is 1.19. The van der Waals surface area contributed by atoms with E-state index < -0.39 is 5.72 Å². The molecular formula is C13H15NO. The zero-order chi connectivity index (χ0) is 11.3. The van der Waals surface area contributed by atoms with Gasteiger partial charge in [-0.15, -0.1) is 0 Å². The number of allylic oxidation sites excluding steroid dienone is 2. The Hall–Kier alpha value is -1.64. The maximum Gasteiger partial charge on any atom is 0.165 e. The number of hydrogen-bond acceptors (Lipinski definition) is 2. The van der Waals surface area contributed by atoms with Crippen LogP contribution < -0.4 is 5.73 Å². The highest BCUT2D eigenvalue weighted by molar-refractivity contribution is 5.36. The van der Waals surface area contributed by atoms with Crippen LogP contribution in [-0.4, -0.2) is 5.11 Å². The number of hydrogen-bond donors (Lipinski definition) is 2. The summed E-state index contributed by atoms with van der Waals surface area (Å²) >= 11 is 0. The molecule has 0 radical (unpaired) electrons. The molecule has 0 aromatic heterocycles. The van der Waals surface area contributed by atoms with Gasteiger partial charge in [-0.25, -0.2) is 0 Å². The summed E-state index contributed by atoms with van der Waals surface area (Å²) in [5.41, 5.74) is 5.30. The van der Waals surface area contributed by atoms with Gasteiger partial charge in [0.1, 0.15) is 0 Å². The van der Waals surface area contributed by atoms with E-state index in [0.29, 0.717) is 11.1 Å². The number of benzene rings is 1. The second kappa shape index (κ2) is 4.73. The lowest BCUT2D eigenvalue weighted by Crippen LogP contribution is -2.37. The summed E-state index contributed by atoms with van der Waals surface area (Å²) in [6, 6.07) is 9.01. The van der Waals surface area contributed by atoms with Crippen LogP contribution in [0.5, 0.6) is 0 Å². The van der Waals surface area contributed by atoms with Crippen LogP contribution in [0.4, 0.5) is 0 Å². The van der Waals surface area contributed by atoms with Crippen LogP contribution in [0, 0.1) is 0 Å². The summed E-state index contributed by atoms with van der Waals surface area (Å²) in [4.78, 5) is 0. The predicted octanol–water partition coefficient (Wildman–Crippen LogP) is 2.09. The molecule has 0 amide bonds. The highest BCUT2D eigenvalue weighted by Crippen LogP contribution is 2.23. The highest BCUT2D eigenvalue weighted by Gasteiger charge is 2.25. The largest absolute Gasteiger partial charge is 0.368 e. The molecule has 2 heteroatoms. The zero-order valence-electron chi connectivity index (χ0n) is 8.56. The lowest BCUT2D eigenvalue weighted by molar-refractivity contribution is 0.0881. The Morgan fingerprint density at radius 1 is 1.33 bits per heavy atom. The van der Waals surface area contributed by atoms with Crippen molar-refractivity contribution in [3.05, 3.63) is 72.9 Å². The van der Waals surface area contributed by atoms with E-state index >= 15 is 0 Å². The molecule has 2 nitrogen and oxygen atoms in total. The Labute approximate surface area is 90.1 Å². The van der Waals surface area contributed by atoms with Crippen LogP contribution in [0.2, 0.25) is 0 Å². The summed E-state index contributed by atoms with van der Waals surface area (Å²) in [6.45, 7) is 7.27. The van der Waals surface area contributed by atoms with Crippen molar-refractivity contribution in [1.29, 1.82) is 0 Å². The average Bonchev–Trinajstić information content (AvgIpc) is 2.27. The molecule has 3 N–H and O–H groups in total. The van der Waals surface area contributed by atoms with E-state index in [1.54, 1.807) is 30.4 Å². The molecule has 0 heterocycles. The van der Waals surface area contributed by atoms with Crippen molar-refractivity contribution in [3.63, 3.8) is 0 Å². The molecule has 15 heavy (non-hydrogen) atoms. The highest BCUT2D eigenvalue weighted by atomic mass is 16.3.